The number of piperazine rings is 2. The topological polar surface area (TPSA) is 38.8 Å². The molecule has 0 aliphatic carbocycles. The van der Waals surface area contributed by atoms with Gasteiger partial charge in [-0.1, -0.05) is 12.1 Å². The van der Waals surface area contributed by atoms with Crippen molar-refractivity contribution < 1.29 is 4.79 Å². The van der Waals surface area contributed by atoms with E-state index in [-0.39, 0.29) is 5.91 Å². The van der Waals surface area contributed by atoms with Gasteiger partial charge < -0.3 is 15.1 Å². The van der Waals surface area contributed by atoms with Crippen molar-refractivity contribution in [3.63, 3.8) is 0 Å². The molecule has 0 atom stereocenters. The second-order valence-electron chi connectivity index (χ2n) is 6.19. The summed E-state index contributed by atoms with van der Waals surface area (Å²) in [5, 5.41) is 3.39. The molecule has 1 aromatic rings. The van der Waals surface area contributed by atoms with E-state index in [4.69, 9.17) is 0 Å². The fourth-order valence-corrected chi connectivity index (χ4v) is 3.22. The van der Waals surface area contributed by atoms with Gasteiger partial charge in [0.15, 0.2) is 0 Å². The summed E-state index contributed by atoms with van der Waals surface area (Å²) >= 11 is 0. The summed E-state index contributed by atoms with van der Waals surface area (Å²) < 4.78 is 0. The Labute approximate surface area is 132 Å². The van der Waals surface area contributed by atoms with Crippen LogP contribution in [0, 0.1) is 0 Å². The maximum absolute atomic E-state index is 11.4. The Hall–Kier alpha value is -1.59. The van der Waals surface area contributed by atoms with E-state index in [0.717, 1.165) is 58.9 Å². The molecule has 3 rings (SSSR count). The fourth-order valence-electron chi connectivity index (χ4n) is 3.22. The Morgan fingerprint density at radius 1 is 1.00 bits per heavy atom. The number of hydrogen-bond acceptors (Lipinski definition) is 4. The molecule has 5 nitrogen and oxygen atoms in total. The number of nitrogens with zero attached hydrogens (tertiary/aromatic N) is 3. The molecular formula is C17H26N4O. The number of nitrogens with one attached hydrogen (secondary N) is 1. The summed E-state index contributed by atoms with van der Waals surface area (Å²) in [7, 11) is 0. The van der Waals surface area contributed by atoms with Crippen LogP contribution < -0.4 is 10.2 Å². The van der Waals surface area contributed by atoms with Gasteiger partial charge in [-0.2, -0.15) is 0 Å². The smallest absolute Gasteiger partial charge is 0.219 e. The van der Waals surface area contributed by atoms with Crippen LogP contribution in [0.5, 0.6) is 0 Å². The van der Waals surface area contributed by atoms with Crippen LogP contribution in [0.1, 0.15) is 12.5 Å². The second-order valence-corrected chi connectivity index (χ2v) is 6.19. The number of carbonyl (C=O) groups excluding carboxylic acids is 1. The summed E-state index contributed by atoms with van der Waals surface area (Å²) in [5.74, 6) is 0.186. The van der Waals surface area contributed by atoms with Gasteiger partial charge in [-0.05, 0) is 17.7 Å². The average molecular weight is 302 g/mol. The number of benzene rings is 1. The molecule has 0 radical (unpaired) electrons. The summed E-state index contributed by atoms with van der Waals surface area (Å²) in [5.41, 5.74) is 2.65. The van der Waals surface area contributed by atoms with Gasteiger partial charge in [0.05, 0.1) is 0 Å². The highest BCUT2D eigenvalue weighted by Crippen LogP contribution is 2.18. The normalized spacial score (nSPS) is 20.2. The molecule has 120 valence electrons. The Kier molecular flexibility index (Phi) is 4.95. The third-order valence-electron chi connectivity index (χ3n) is 4.64. The quantitative estimate of drug-likeness (QED) is 0.895. The summed E-state index contributed by atoms with van der Waals surface area (Å²) in [6.07, 6.45) is 0. The predicted molar refractivity (Wildman–Crippen MR) is 89.1 cm³/mol. The molecule has 0 bridgehead atoms. The monoisotopic (exact) mass is 302 g/mol. The molecule has 0 unspecified atom stereocenters. The Morgan fingerprint density at radius 3 is 2.23 bits per heavy atom. The standard InChI is InChI=1S/C17H26N4O/c1-15(22)20-10-12-21(13-11-20)17-4-2-16(3-5-17)14-19-8-6-18-7-9-19/h2-5,18H,6-14H2,1H3. The zero-order valence-corrected chi connectivity index (χ0v) is 13.4. The molecule has 2 aliphatic heterocycles. The average Bonchev–Trinajstić information content (AvgIpc) is 2.57. The highest BCUT2D eigenvalue weighted by molar-refractivity contribution is 5.73. The van der Waals surface area contributed by atoms with Crippen molar-refractivity contribution in [3.05, 3.63) is 29.8 Å². The first-order valence-corrected chi connectivity index (χ1v) is 8.25. The van der Waals surface area contributed by atoms with Crippen molar-refractivity contribution in [2.24, 2.45) is 0 Å². The Bertz CT molecular complexity index is 488. The Balaban J connectivity index is 1.54. The minimum absolute atomic E-state index is 0.186. The van der Waals surface area contributed by atoms with Gasteiger partial charge in [-0.25, -0.2) is 0 Å². The van der Waals surface area contributed by atoms with Gasteiger partial charge >= 0.3 is 0 Å². The van der Waals surface area contributed by atoms with Crippen LogP contribution in [0.25, 0.3) is 0 Å². The van der Waals surface area contributed by atoms with E-state index < -0.39 is 0 Å². The fraction of sp³-hybridized carbons (Fsp3) is 0.588. The molecule has 2 saturated heterocycles. The lowest BCUT2D eigenvalue weighted by Gasteiger charge is -2.35. The van der Waals surface area contributed by atoms with E-state index in [0.29, 0.717) is 0 Å². The largest absolute Gasteiger partial charge is 0.368 e. The minimum Gasteiger partial charge on any atom is -0.368 e. The number of rotatable bonds is 3. The number of amides is 1. The van der Waals surface area contributed by atoms with Gasteiger partial charge in [0.25, 0.3) is 0 Å². The third kappa shape index (κ3) is 3.78. The van der Waals surface area contributed by atoms with Gasteiger partial charge in [-0.15, -0.1) is 0 Å². The van der Waals surface area contributed by atoms with Gasteiger partial charge in [0.1, 0.15) is 0 Å². The molecule has 0 saturated carbocycles. The SMILES string of the molecule is CC(=O)N1CCN(c2ccc(CN3CCNCC3)cc2)CC1. The maximum Gasteiger partial charge on any atom is 0.219 e. The van der Waals surface area contributed by atoms with Crippen molar-refractivity contribution in [1.29, 1.82) is 0 Å². The highest BCUT2D eigenvalue weighted by Gasteiger charge is 2.18. The summed E-state index contributed by atoms with van der Waals surface area (Å²) in [4.78, 5) is 18.2. The molecular weight excluding hydrogens is 276 g/mol. The van der Waals surface area contributed by atoms with Crippen molar-refractivity contribution in [1.82, 2.24) is 15.1 Å². The zero-order chi connectivity index (χ0) is 15.4. The molecule has 22 heavy (non-hydrogen) atoms. The first-order chi connectivity index (χ1) is 10.7. The number of hydrogen-bond donors (Lipinski definition) is 1. The van der Waals surface area contributed by atoms with E-state index in [2.05, 4.69) is 39.4 Å². The highest BCUT2D eigenvalue weighted by atomic mass is 16.2. The van der Waals surface area contributed by atoms with Crippen molar-refractivity contribution in [2.45, 2.75) is 13.5 Å². The number of carbonyl (C=O) groups is 1. The van der Waals surface area contributed by atoms with Crippen molar-refractivity contribution in [2.75, 3.05) is 57.3 Å². The first-order valence-electron chi connectivity index (χ1n) is 8.25. The van der Waals surface area contributed by atoms with E-state index in [1.54, 1.807) is 6.92 Å². The lowest BCUT2D eigenvalue weighted by atomic mass is 10.1. The first kappa shape index (κ1) is 15.3. The second kappa shape index (κ2) is 7.11. The van der Waals surface area contributed by atoms with E-state index in [9.17, 15) is 4.79 Å². The van der Waals surface area contributed by atoms with Crippen LogP contribution in [0.15, 0.2) is 24.3 Å². The van der Waals surface area contributed by atoms with Crippen LogP contribution >= 0.6 is 0 Å². The molecule has 5 heteroatoms. The summed E-state index contributed by atoms with van der Waals surface area (Å²) in [6, 6.07) is 8.94. The minimum atomic E-state index is 0.186. The molecule has 0 aromatic heterocycles. The van der Waals surface area contributed by atoms with Crippen LogP contribution in [0.3, 0.4) is 0 Å². The van der Waals surface area contributed by atoms with E-state index in [1.807, 2.05) is 4.90 Å². The third-order valence-corrected chi connectivity index (χ3v) is 4.64. The van der Waals surface area contributed by atoms with Crippen LogP contribution in [0.4, 0.5) is 5.69 Å². The molecule has 2 aliphatic rings. The van der Waals surface area contributed by atoms with Gasteiger partial charge in [0.2, 0.25) is 5.91 Å². The van der Waals surface area contributed by atoms with E-state index >= 15 is 0 Å². The van der Waals surface area contributed by atoms with Crippen LogP contribution in [-0.2, 0) is 11.3 Å². The molecule has 2 fully saturated rings. The Morgan fingerprint density at radius 2 is 1.64 bits per heavy atom. The van der Waals surface area contributed by atoms with Crippen LogP contribution in [-0.4, -0.2) is 68.1 Å². The van der Waals surface area contributed by atoms with Gasteiger partial charge in [-0.3, -0.25) is 9.69 Å². The lowest BCUT2D eigenvalue weighted by molar-refractivity contribution is -0.129. The predicted octanol–water partition coefficient (Wildman–Crippen LogP) is 0.760. The zero-order valence-electron chi connectivity index (χ0n) is 13.4. The summed E-state index contributed by atoms with van der Waals surface area (Å²) in [6.45, 7) is 10.7. The van der Waals surface area contributed by atoms with Crippen molar-refractivity contribution in [3.8, 4) is 0 Å². The lowest BCUT2D eigenvalue weighted by Crippen LogP contribution is -2.48. The van der Waals surface area contributed by atoms with E-state index in [1.165, 1.54) is 11.3 Å². The molecule has 1 N–H and O–H groups in total. The molecule has 2 heterocycles. The van der Waals surface area contributed by atoms with Gasteiger partial charge in [0, 0.05) is 71.5 Å². The number of anilines is 1. The maximum atomic E-state index is 11.4. The van der Waals surface area contributed by atoms with Crippen LogP contribution in [0.2, 0.25) is 0 Å². The van der Waals surface area contributed by atoms with Crippen molar-refractivity contribution >= 4 is 11.6 Å². The molecule has 1 amide bonds. The molecule has 0 spiro atoms. The molecule has 1 aromatic carbocycles.